The zero-order chi connectivity index (χ0) is 18.1. The number of nitrogens with zero attached hydrogens (tertiary/aromatic N) is 2. The van der Waals surface area contributed by atoms with Gasteiger partial charge in [-0.2, -0.15) is 0 Å². The summed E-state index contributed by atoms with van der Waals surface area (Å²) in [7, 11) is 0. The van der Waals surface area contributed by atoms with Gasteiger partial charge in [-0.3, -0.25) is 9.59 Å². The van der Waals surface area contributed by atoms with Gasteiger partial charge in [-0.15, -0.1) is 0 Å². The minimum atomic E-state index is -0.0853. The Hall–Kier alpha value is -2.34. The normalized spacial score (nSPS) is 19.1. The fraction of sp³-hybridized carbons (Fsp3) is 0.500. The van der Waals surface area contributed by atoms with Crippen molar-refractivity contribution < 1.29 is 18.7 Å². The van der Waals surface area contributed by atoms with Gasteiger partial charge in [-0.05, 0) is 31.4 Å². The van der Waals surface area contributed by atoms with E-state index in [-0.39, 0.29) is 17.7 Å². The highest BCUT2D eigenvalue weighted by molar-refractivity contribution is 5.96. The lowest BCUT2D eigenvalue weighted by Crippen LogP contribution is -2.47. The number of fused-ring (bicyclic) bond motifs is 1. The Morgan fingerprint density at radius 3 is 2.46 bits per heavy atom. The third-order valence-corrected chi connectivity index (χ3v) is 5.41. The van der Waals surface area contributed by atoms with Crippen molar-refractivity contribution >= 4 is 22.8 Å². The molecule has 6 nitrogen and oxygen atoms in total. The molecule has 26 heavy (non-hydrogen) atoms. The maximum atomic E-state index is 12.8. The van der Waals surface area contributed by atoms with Crippen LogP contribution in [0.15, 0.2) is 28.7 Å². The fourth-order valence-corrected chi connectivity index (χ4v) is 3.84. The minimum absolute atomic E-state index is 0.00932. The molecule has 4 rings (SSSR count). The van der Waals surface area contributed by atoms with Crippen molar-refractivity contribution in [2.24, 2.45) is 5.92 Å². The average molecular weight is 356 g/mol. The van der Waals surface area contributed by atoms with E-state index < -0.39 is 0 Å². The van der Waals surface area contributed by atoms with Crippen molar-refractivity contribution in [3.8, 4) is 0 Å². The number of furan rings is 1. The van der Waals surface area contributed by atoms with Gasteiger partial charge in [0.2, 0.25) is 5.91 Å². The molecule has 0 N–H and O–H groups in total. The second-order valence-electron chi connectivity index (χ2n) is 7.11. The van der Waals surface area contributed by atoms with E-state index in [1.807, 2.05) is 36.1 Å². The summed E-state index contributed by atoms with van der Waals surface area (Å²) in [5, 5.41) is 0.950. The molecule has 1 aromatic heterocycles. The summed E-state index contributed by atoms with van der Waals surface area (Å²) in [6, 6.07) is 7.71. The number of carbonyl (C=O) groups is 2. The van der Waals surface area contributed by atoms with Gasteiger partial charge >= 0.3 is 0 Å². The van der Waals surface area contributed by atoms with Crippen LogP contribution in [0.25, 0.3) is 11.0 Å². The predicted octanol–water partition coefficient (Wildman–Crippen LogP) is 2.45. The van der Waals surface area contributed by atoms with Gasteiger partial charge in [0.15, 0.2) is 5.76 Å². The maximum absolute atomic E-state index is 12.8. The second kappa shape index (κ2) is 7.11. The highest BCUT2D eigenvalue weighted by Crippen LogP contribution is 2.26. The van der Waals surface area contributed by atoms with Crippen LogP contribution in [0.3, 0.4) is 0 Å². The predicted molar refractivity (Wildman–Crippen MR) is 97.0 cm³/mol. The summed E-state index contributed by atoms with van der Waals surface area (Å²) in [5.41, 5.74) is 1.80. The first-order chi connectivity index (χ1) is 12.6. The van der Waals surface area contributed by atoms with Crippen LogP contribution in [-0.4, -0.2) is 61.0 Å². The third kappa shape index (κ3) is 3.21. The monoisotopic (exact) mass is 356 g/mol. The van der Waals surface area contributed by atoms with Crippen LogP contribution in [0.2, 0.25) is 0 Å². The number of carbonyl (C=O) groups excluding carboxylic acids is 2. The van der Waals surface area contributed by atoms with E-state index in [2.05, 4.69) is 0 Å². The number of hydrogen-bond acceptors (Lipinski definition) is 4. The van der Waals surface area contributed by atoms with Crippen molar-refractivity contribution in [1.82, 2.24) is 9.80 Å². The zero-order valence-corrected chi connectivity index (χ0v) is 15.1. The number of likely N-dealkylation sites (tertiary alicyclic amines) is 1. The Balaban J connectivity index is 1.39. The molecule has 1 aromatic carbocycles. The minimum Gasteiger partial charge on any atom is -0.451 e. The molecule has 2 aliphatic rings. The first kappa shape index (κ1) is 17.1. The molecule has 2 aromatic rings. The number of amides is 2. The molecule has 138 valence electrons. The number of piperidine rings is 1. The Labute approximate surface area is 152 Å². The van der Waals surface area contributed by atoms with Gasteiger partial charge in [0.25, 0.3) is 5.91 Å². The molecule has 3 heterocycles. The number of rotatable bonds is 2. The van der Waals surface area contributed by atoms with Crippen molar-refractivity contribution in [1.29, 1.82) is 0 Å². The van der Waals surface area contributed by atoms with E-state index in [0.29, 0.717) is 58.0 Å². The van der Waals surface area contributed by atoms with Crippen molar-refractivity contribution in [2.45, 2.75) is 19.8 Å². The summed E-state index contributed by atoms with van der Waals surface area (Å²) in [4.78, 5) is 29.1. The highest BCUT2D eigenvalue weighted by Gasteiger charge is 2.32. The molecule has 2 aliphatic heterocycles. The molecule has 0 spiro atoms. The third-order valence-electron chi connectivity index (χ3n) is 5.41. The molecule has 0 radical (unpaired) electrons. The number of aryl methyl sites for hydroxylation is 1. The SMILES string of the molecule is Cc1cccc2cc(C(=O)N3CCC(C(=O)N4CCOCC4)CC3)oc12. The number of ether oxygens (including phenoxy) is 1. The molecular formula is C20H24N2O4. The van der Waals surface area contributed by atoms with Gasteiger partial charge in [0.1, 0.15) is 5.58 Å². The summed E-state index contributed by atoms with van der Waals surface area (Å²) < 4.78 is 11.1. The van der Waals surface area contributed by atoms with Crippen LogP contribution < -0.4 is 0 Å². The van der Waals surface area contributed by atoms with Gasteiger partial charge in [-0.1, -0.05) is 18.2 Å². The number of morpholine rings is 1. The quantitative estimate of drug-likeness (QED) is 0.829. The Bertz CT molecular complexity index is 814. The van der Waals surface area contributed by atoms with E-state index >= 15 is 0 Å². The summed E-state index contributed by atoms with van der Waals surface area (Å²) >= 11 is 0. The number of hydrogen-bond donors (Lipinski definition) is 0. The van der Waals surface area contributed by atoms with E-state index in [0.717, 1.165) is 16.5 Å². The number of benzene rings is 1. The molecule has 2 amide bonds. The lowest BCUT2D eigenvalue weighted by atomic mass is 9.95. The van der Waals surface area contributed by atoms with Gasteiger partial charge in [0.05, 0.1) is 13.2 Å². The second-order valence-corrected chi connectivity index (χ2v) is 7.11. The topological polar surface area (TPSA) is 63.0 Å². The van der Waals surface area contributed by atoms with Crippen LogP contribution in [-0.2, 0) is 9.53 Å². The van der Waals surface area contributed by atoms with Crippen LogP contribution in [0.1, 0.15) is 29.0 Å². The largest absolute Gasteiger partial charge is 0.451 e. The molecular weight excluding hydrogens is 332 g/mol. The smallest absolute Gasteiger partial charge is 0.289 e. The molecule has 2 saturated heterocycles. The van der Waals surface area contributed by atoms with E-state index in [1.54, 1.807) is 4.90 Å². The van der Waals surface area contributed by atoms with E-state index in [4.69, 9.17) is 9.15 Å². The summed E-state index contributed by atoms with van der Waals surface area (Å²) in [6.07, 6.45) is 1.42. The van der Waals surface area contributed by atoms with Crippen LogP contribution in [0, 0.1) is 12.8 Å². The molecule has 0 atom stereocenters. The van der Waals surface area contributed by atoms with Crippen molar-refractivity contribution in [3.05, 3.63) is 35.6 Å². The molecule has 6 heteroatoms. The van der Waals surface area contributed by atoms with Gasteiger partial charge in [-0.25, -0.2) is 0 Å². The van der Waals surface area contributed by atoms with E-state index in [1.165, 1.54) is 0 Å². The maximum Gasteiger partial charge on any atom is 0.289 e. The number of para-hydroxylation sites is 1. The average Bonchev–Trinajstić information content (AvgIpc) is 3.13. The molecule has 0 bridgehead atoms. The van der Waals surface area contributed by atoms with Crippen LogP contribution >= 0.6 is 0 Å². The summed E-state index contributed by atoms with van der Waals surface area (Å²) in [6.45, 7) is 5.75. The Morgan fingerprint density at radius 1 is 1.04 bits per heavy atom. The van der Waals surface area contributed by atoms with Crippen molar-refractivity contribution in [2.75, 3.05) is 39.4 Å². The van der Waals surface area contributed by atoms with Crippen molar-refractivity contribution in [3.63, 3.8) is 0 Å². The van der Waals surface area contributed by atoms with Gasteiger partial charge in [0, 0.05) is 37.5 Å². The first-order valence-corrected chi connectivity index (χ1v) is 9.28. The van der Waals surface area contributed by atoms with E-state index in [9.17, 15) is 9.59 Å². The molecule has 0 unspecified atom stereocenters. The van der Waals surface area contributed by atoms with Gasteiger partial charge < -0.3 is 19.0 Å². The lowest BCUT2D eigenvalue weighted by Gasteiger charge is -2.35. The first-order valence-electron chi connectivity index (χ1n) is 9.28. The molecule has 0 aliphatic carbocycles. The lowest BCUT2D eigenvalue weighted by molar-refractivity contribution is -0.141. The summed E-state index contributed by atoms with van der Waals surface area (Å²) in [5.74, 6) is 0.514. The van der Waals surface area contributed by atoms with Crippen LogP contribution in [0.4, 0.5) is 0 Å². The molecule has 2 fully saturated rings. The molecule has 0 saturated carbocycles. The van der Waals surface area contributed by atoms with Crippen LogP contribution in [0.5, 0.6) is 0 Å². The highest BCUT2D eigenvalue weighted by atomic mass is 16.5. The Morgan fingerprint density at radius 2 is 1.77 bits per heavy atom. The fourth-order valence-electron chi connectivity index (χ4n) is 3.84. The Kier molecular flexibility index (Phi) is 4.68. The standard InChI is InChI=1S/C20H24N2O4/c1-14-3-2-4-16-13-17(26-18(14)16)20(24)21-7-5-15(6-8-21)19(23)22-9-11-25-12-10-22/h2-4,13,15H,5-12H2,1H3. The zero-order valence-electron chi connectivity index (χ0n) is 15.1.